The quantitative estimate of drug-likeness (QED) is 0.799. The molecule has 1 amide bonds. The molecule has 1 fully saturated rings. The number of hydrogen-bond acceptors (Lipinski definition) is 3. The van der Waals surface area contributed by atoms with Crippen LogP contribution in [-0.2, 0) is 6.54 Å². The van der Waals surface area contributed by atoms with E-state index < -0.39 is 0 Å². The van der Waals surface area contributed by atoms with Gasteiger partial charge in [-0.25, -0.2) is 0 Å². The van der Waals surface area contributed by atoms with Crippen LogP contribution in [-0.4, -0.2) is 36.5 Å². The average molecular weight is 367 g/mol. The number of nitrogens with zero attached hydrogens (tertiary/aromatic N) is 1. The van der Waals surface area contributed by atoms with Crippen molar-refractivity contribution in [3.8, 4) is 5.75 Å². The van der Waals surface area contributed by atoms with Gasteiger partial charge in [0.15, 0.2) is 0 Å². The van der Waals surface area contributed by atoms with E-state index in [0.717, 1.165) is 12.3 Å². The van der Waals surface area contributed by atoms with Crippen molar-refractivity contribution >= 4 is 5.91 Å². The van der Waals surface area contributed by atoms with E-state index in [9.17, 15) is 4.79 Å². The number of rotatable bonds is 7. The summed E-state index contributed by atoms with van der Waals surface area (Å²) in [5, 5.41) is 3.00. The highest BCUT2D eigenvalue weighted by Crippen LogP contribution is 2.14. The lowest BCUT2D eigenvalue weighted by Gasteiger charge is -2.26. The third-order valence-electron chi connectivity index (χ3n) is 4.97. The first-order valence-electron chi connectivity index (χ1n) is 9.92. The van der Waals surface area contributed by atoms with Gasteiger partial charge in [-0.1, -0.05) is 36.2 Å². The molecule has 144 valence electrons. The topological polar surface area (TPSA) is 41.6 Å². The first-order valence-corrected chi connectivity index (χ1v) is 9.92. The Balaban J connectivity index is 1.45. The highest BCUT2D eigenvalue weighted by Gasteiger charge is 2.13. The minimum Gasteiger partial charge on any atom is -0.491 e. The summed E-state index contributed by atoms with van der Waals surface area (Å²) in [4.78, 5) is 14.9. The zero-order valence-corrected chi connectivity index (χ0v) is 16.4. The van der Waals surface area contributed by atoms with Crippen molar-refractivity contribution in [1.29, 1.82) is 0 Å². The molecule has 0 saturated carbocycles. The molecule has 0 radical (unpaired) electrons. The fourth-order valence-electron chi connectivity index (χ4n) is 3.34. The molecule has 1 saturated heterocycles. The first-order chi connectivity index (χ1) is 13.1. The van der Waals surface area contributed by atoms with Gasteiger partial charge in [-0.3, -0.25) is 9.69 Å². The van der Waals surface area contributed by atoms with Crippen LogP contribution >= 0.6 is 0 Å². The predicted octanol–water partition coefficient (Wildman–Crippen LogP) is 4.18. The summed E-state index contributed by atoms with van der Waals surface area (Å²) >= 11 is 0. The van der Waals surface area contributed by atoms with Crippen molar-refractivity contribution < 1.29 is 9.53 Å². The average Bonchev–Trinajstić information content (AvgIpc) is 2.69. The largest absolute Gasteiger partial charge is 0.491 e. The number of aryl methyl sites for hydroxylation is 1. The van der Waals surface area contributed by atoms with E-state index in [1.54, 1.807) is 0 Å². The second-order valence-corrected chi connectivity index (χ2v) is 7.53. The lowest BCUT2D eigenvalue weighted by Crippen LogP contribution is -2.36. The van der Waals surface area contributed by atoms with E-state index in [1.165, 1.54) is 43.5 Å². The zero-order valence-electron chi connectivity index (χ0n) is 16.4. The fourth-order valence-corrected chi connectivity index (χ4v) is 3.34. The predicted molar refractivity (Wildman–Crippen MR) is 109 cm³/mol. The van der Waals surface area contributed by atoms with E-state index >= 15 is 0 Å². The van der Waals surface area contributed by atoms with Crippen LogP contribution in [0.25, 0.3) is 0 Å². The Kier molecular flexibility index (Phi) is 6.88. The molecule has 1 aliphatic heterocycles. The number of likely N-dealkylation sites (tertiary alicyclic amines) is 1. The van der Waals surface area contributed by atoms with Crippen LogP contribution in [0.3, 0.4) is 0 Å². The van der Waals surface area contributed by atoms with Crippen LogP contribution in [0.5, 0.6) is 5.75 Å². The molecule has 1 unspecified atom stereocenters. The number of ether oxygens (including phenoxy) is 1. The number of nitrogens with one attached hydrogen (secondary N) is 1. The first kappa shape index (κ1) is 19.4. The van der Waals surface area contributed by atoms with Crippen molar-refractivity contribution in [3.05, 3.63) is 65.2 Å². The summed E-state index contributed by atoms with van der Waals surface area (Å²) in [6.45, 7) is 7.78. The van der Waals surface area contributed by atoms with Crippen molar-refractivity contribution in [2.45, 2.75) is 45.7 Å². The molecular formula is C23H30N2O2. The highest BCUT2D eigenvalue weighted by atomic mass is 16.5. The van der Waals surface area contributed by atoms with Gasteiger partial charge in [0.2, 0.25) is 0 Å². The molecule has 0 bridgehead atoms. The number of benzene rings is 2. The van der Waals surface area contributed by atoms with Gasteiger partial charge in [0.1, 0.15) is 12.4 Å². The van der Waals surface area contributed by atoms with E-state index in [2.05, 4.69) is 22.3 Å². The highest BCUT2D eigenvalue weighted by molar-refractivity contribution is 5.94. The van der Waals surface area contributed by atoms with Crippen LogP contribution in [0, 0.1) is 6.92 Å². The summed E-state index contributed by atoms with van der Waals surface area (Å²) in [6.07, 6.45) is 3.94. The monoisotopic (exact) mass is 366 g/mol. The molecule has 4 heteroatoms. The van der Waals surface area contributed by atoms with Crippen molar-refractivity contribution in [2.24, 2.45) is 0 Å². The number of piperidine rings is 1. The van der Waals surface area contributed by atoms with Crippen molar-refractivity contribution in [3.63, 3.8) is 0 Å². The lowest BCUT2D eigenvalue weighted by molar-refractivity contribution is 0.0926. The van der Waals surface area contributed by atoms with Crippen LogP contribution in [0.1, 0.15) is 47.7 Å². The van der Waals surface area contributed by atoms with Crippen LogP contribution < -0.4 is 10.1 Å². The molecule has 2 aromatic carbocycles. The summed E-state index contributed by atoms with van der Waals surface area (Å²) < 4.78 is 5.74. The van der Waals surface area contributed by atoms with Crippen LogP contribution in [0.4, 0.5) is 0 Å². The lowest BCUT2D eigenvalue weighted by atomic mass is 10.1. The third kappa shape index (κ3) is 6.10. The third-order valence-corrected chi connectivity index (χ3v) is 4.97. The molecule has 2 aromatic rings. The molecule has 1 N–H and O–H groups in total. The summed E-state index contributed by atoms with van der Waals surface area (Å²) in [6, 6.07) is 15.8. The summed E-state index contributed by atoms with van der Waals surface area (Å²) in [5.41, 5.74) is 3.16. The van der Waals surface area contributed by atoms with E-state index in [4.69, 9.17) is 4.74 Å². The Bertz CT molecular complexity index is 719. The number of carbonyl (C=O) groups is 1. The molecule has 0 spiro atoms. The molecular weight excluding hydrogens is 336 g/mol. The molecule has 1 heterocycles. The Hall–Kier alpha value is -2.33. The number of amides is 1. The molecule has 27 heavy (non-hydrogen) atoms. The van der Waals surface area contributed by atoms with Gasteiger partial charge in [0, 0.05) is 12.1 Å². The van der Waals surface area contributed by atoms with E-state index in [0.29, 0.717) is 12.2 Å². The van der Waals surface area contributed by atoms with Crippen LogP contribution in [0.2, 0.25) is 0 Å². The standard InChI is InChI=1S/C23H30N2O2/c1-18-6-12-22(13-7-18)27-17-19(2)24-23(26)21-10-8-20(9-11-21)16-25-14-4-3-5-15-25/h6-13,19H,3-5,14-17H2,1-2H3,(H,24,26). The summed E-state index contributed by atoms with van der Waals surface area (Å²) in [7, 11) is 0. The fraction of sp³-hybridized carbons (Fsp3) is 0.435. The summed E-state index contributed by atoms with van der Waals surface area (Å²) in [5.74, 6) is 0.767. The molecule has 1 atom stereocenters. The normalized spacial score (nSPS) is 15.9. The number of carbonyl (C=O) groups excluding carboxylic acids is 1. The maximum absolute atomic E-state index is 12.4. The number of hydrogen-bond donors (Lipinski definition) is 1. The van der Waals surface area contributed by atoms with Crippen molar-refractivity contribution in [1.82, 2.24) is 10.2 Å². The van der Waals surface area contributed by atoms with Crippen LogP contribution in [0.15, 0.2) is 48.5 Å². The molecule has 1 aliphatic rings. The maximum Gasteiger partial charge on any atom is 0.251 e. The Morgan fingerprint density at radius 2 is 1.70 bits per heavy atom. The van der Waals surface area contributed by atoms with Gasteiger partial charge in [-0.05, 0) is 69.6 Å². The minimum absolute atomic E-state index is 0.0560. The molecule has 4 nitrogen and oxygen atoms in total. The van der Waals surface area contributed by atoms with Gasteiger partial charge in [-0.15, -0.1) is 0 Å². The molecule has 3 rings (SSSR count). The Morgan fingerprint density at radius 3 is 2.37 bits per heavy atom. The van der Waals surface area contributed by atoms with Gasteiger partial charge in [-0.2, -0.15) is 0 Å². The molecule has 0 aliphatic carbocycles. The maximum atomic E-state index is 12.4. The Labute approximate surface area is 162 Å². The van der Waals surface area contributed by atoms with E-state index in [-0.39, 0.29) is 11.9 Å². The Morgan fingerprint density at radius 1 is 1.04 bits per heavy atom. The SMILES string of the molecule is Cc1ccc(OCC(C)NC(=O)c2ccc(CN3CCCCC3)cc2)cc1. The van der Waals surface area contributed by atoms with E-state index in [1.807, 2.05) is 50.2 Å². The second-order valence-electron chi connectivity index (χ2n) is 7.53. The zero-order chi connectivity index (χ0) is 19.1. The van der Waals surface area contributed by atoms with Gasteiger partial charge >= 0.3 is 0 Å². The van der Waals surface area contributed by atoms with Gasteiger partial charge in [0.25, 0.3) is 5.91 Å². The van der Waals surface area contributed by atoms with Gasteiger partial charge < -0.3 is 10.1 Å². The minimum atomic E-state index is -0.0631. The molecule has 0 aromatic heterocycles. The van der Waals surface area contributed by atoms with Crippen molar-refractivity contribution in [2.75, 3.05) is 19.7 Å². The second kappa shape index (κ2) is 9.56. The van der Waals surface area contributed by atoms with Gasteiger partial charge in [0.05, 0.1) is 6.04 Å². The smallest absolute Gasteiger partial charge is 0.251 e.